The van der Waals surface area contributed by atoms with Gasteiger partial charge in [-0.15, -0.1) is 0 Å². The number of halogens is 2. The topological polar surface area (TPSA) is 25.8 Å². The number of hydrogen-bond acceptors (Lipinski definition) is 2. The molecule has 0 aliphatic rings. The highest BCUT2D eigenvalue weighted by molar-refractivity contribution is 6.31. The van der Waals surface area contributed by atoms with Crippen molar-refractivity contribution in [2.24, 2.45) is 0 Å². The average Bonchev–Trinajstić information content (AvgIpc) is 2.22. The van der Waals surface area contributed by atoms with E-state index in [1.165, 1.54) is 12.1 Å². The maximum atomic E-state index is 13.3. The van der Waals surface area contributed by atoms with Gasteiger partial charge in [0.1, 0.15) is 11.5 Å². The van der Waals surface area contributed by atoms with E-state index >= 15 is 0 Å². The molecule has 0 amide bonds. The van der Waals surface area contributed by atoms with Crippen LogP contribution in [0.5, 0.6) is 0 Å². The van der Waals surface area contributed by atoms with Gasteiger partial charge in [0, 0.05) is 5.56 Å². The highest BCUT2D eigenvalue weighted by Gasteiger charge is 2.10. The second-order valence-corrected chi connectivity index (χ2v) is 4.41. The molecular weight excluding hydrogens is 239 g/mol. The van der Waals surface area contributed by atoms with Crippen LogP contribution in [0, 0.1) is 26.6 Å². The van der Waals surface area contributed by atoms with E-state index in [-0.39, 0.29) is 5.82 Å². The fraction of sp³-hybridized carbons (Fsp3) is 0.231. The van der Waals surface area contributed by atoms with E-state index in [0.717, 1.165) is 17.0 Å². The monoisotopic (exact) mass is 250 g/mol. The Kier molecular flexibility index (Phi) is 3.11. The van der Waals surface area contributed by atoms with Gasteiger partial charge < -0.3 is 0 Å². The quantitative estimate of drug-likeness (QED) is 0.768. The summed E-state index contributed by atoms with van der Waals surface area (Å²) in [6.45, 7) is 5.53. The Hall–Kier alpha value is -1.48. The fourth-order valence-corrected chi connectivity index (χ4v) is 1.91. The molecule has 1 heterocycles. The van der Waals surface area contributed by atoms with Gasteiger partial charge in [-0.3, -0.25) is 0 Å². The van der Waals surface area contributed by atoms with E-state index in [1.54, 1.807) is 0 Å². The van der Waals surface area contributed by atoms with Crippen LogP contribution in [0.1, 0.15) is 17.0 Å². The van der Waals surface area contributed by atoms with Crippen LogP contribution < -0.4 is 0 Å². The van der Waals surface area contributed by atoms with E-state index in [0.29, 0.717) is 16.4 Å². The van der Waals surface area contributed by atoms with E-state index in [1.807, 2.05) is 26.8 Å². The summed E-state index contributed by atoms with van der Waals surface area (Å²) in [4.78, 5) is 8.55. The van der Waals surface area contributed by atoms with Crippen molar-refractivity contribution in [3.8, 4) is 11.3 Å². The van der Waals surface area contributed by atoms with E-state index < -0.39 is 0 Å². The van der Waals surface area contributed by atoms with Gasteiger partial charge in [0.25, 0.3) is 0 Å². The summed E-state index contributed by atoms with van der Waals surface area (Å²) in [7, 11) is 0. The smallest absolute Gasteiger partial charge is 0.155 e. The van der Waals surface area contributed by atoms with E-state index in [2.05, 4.69) is 9.97 Å². The number of nitrogens with zero attached hydrogens (tertiary/aromatic N) is 2. The summed E-state index contributed by atoms with van der Waals surface area (Å²) >= 11 is 6.04. The predicted molar refractivity (Wildman–Crippen MR) is 66.6 cm³/mol. The van der Waals surface area contributed by atoms with Gasteiger partial charge in [0.2, 0.25) is 0 Å². The van der Waals surface area contributed by atoms with Crippen molar-refractivity contribution in [3.05, 3.63) is 46.1 Å². The highest BCUT2D eigenvalue weighted by atomic mass is 35.5. The summed E-state index contributed by atoms with van der Waals surface area (Å²) in [5, 5.41) is 0.304. The Bertz CT molecular complexity index is 562. The molecule has 0 spiro atoms. The van der Waals surface area contributed by atoms with Crippen LogP contribution >= 0.6 is 11.6 Å². The normalized spacial score (nSPS) is 10.6. The van der Waals surface area contributed by atoms with Gasteiger partial charge >= 0.3 is 0 Å². The third-order valence-electron chi connectivity index (χ3n) is 2.58. The van der Waals surface area contributed by atoms with Crippen LogP contribution in [0.15, 0.2) is 18.2 Å². The summed E-state index contributed by atoms with van der Waals surface area (Å²) in [6.07, 6.45) is 0. The Morgan fingerprint density at radius 3 is 2.29 bits per heavy atom. The molecule has 4 heteroatoms. The lowest BCUT2D eigenvalue weighted by Gasteiger charge is -2.07. The van der Waals surface area contributed by atoms with Crippen LogP contribution in [0.4, 0.5) is 4.39 Å². The Balaban J connectivity index is 2.64. The molecule has 0 unspecified atom stereocenters. The summed E-state index contributed by atoms with van der Waals surface area (Å²) in [5.74, 6) is -0.295. The summed E-state index contributed by atoms with van der Waals surface area (Å²) in [5.41, 5.74) is 3.59. The molecule has 88 valence electrons. The van der Waals surface area contributed by atoms with Crippen LogP contribution in [-0.4, -0.2) is 9.97 Å². The molecule has 0 N–H and O–H groups in total. The molecule has 0 bridgehead atoms. The molecule has 0 fully saturated rings. The Morgan fingerprint density at radius 1 is 1.00 bits per heavy atom. The van der Waals surface area contributed by atoms with Gasteiger partial charge in [0.15, 0.2) is 5.15 Å². The molecule has 2 rings (SSSR count). The standard InChI is InChI=1S/C13H12ClFN2/c1-7-4-10(6-11(15)5-7)12-13(14)17-9(3)8(2)16-12/h4-6H,1-3H3. The molecule has 0 saturated heterocycles. The first-order chi connectivity index (χ1) is 7.97. The first-order valence-electron chi connectivity index (χ1n) is 5.25. The molecule has 2 aromatic rings. The maximum Gasteiger partial charge on any atom is 0.155 e. The van der Waals surface area contributed by atoms with Crippen molar-refractivity contribution in [1.82, 2.24) is 9.97 Å². The maximum absolute atomic E-state index is 13.3. The number of benzene rings is 1. The van der Waals surface area contributed by atoms with Crippen molar-refractivity contribution < 1.29 is 4.39 Å². The highest BCUT2D eigenvalue weighted by Crippen LogP contribution is 2.26. The zero-order valence-electron chi connectivity index (χ0n) is 9.88. The second-order valence-electron chi connectivity index (χ2n) is 4.05. The molecule has 0 aliphatic carbocycles. The van der Waals surface area contributed by atoms with Crippen molar-refractivity contribution in [3.63, 3.8) is 0 Å². The zero-order valence-corrected chi connectivity index (χ0v) is 10.6. The minimum atomic E-state index is -0.295. The van der Waals surface area contributed by atoms with Gasteiger partial charge in [-0.05, 0) is 44.5 Å². The van der Waals surface area contributed by atoms with Crippen molar-refractivity contribution in [1.29, 1.82) is 0 Å². The molecule has 1 aromatic heterocycles. The Labute approximate surface area is 104 Å². The van der Waals surface area contributed by atoms with Crippen LogP contribution in [0.25, 0.3) is 11.3 Å². The predicted octanol–water partition coefficient (Wildman–Crippen LogP) is 3.86. The third-order valence-corrected chi connectivity index (χ3v) is 2.84. The number of aryl methyl sites for hydroxylation is 3. The van der Waals surface area contributed by atoms with Crippen molar-refractivity contribution in [2.75, 3.05) is 0 Å². The summed E-state index contributed by atoms with van der Waals surface area (Å²) in [6, 6.07) is 4.72. The van der Waals surface area contributed by atoms with Gasteiger partial charge in [-0.25, -0.2) is 14.4 Å². The average molecular weight is 251 g/mol. The third kappa shape index (κ3) is 2.44. The lowest BCUT2D eigenvalue weighted by Crippen LogP contribution is -1.97. The molecule has 0 radical (unpaired) electrons. The number of rotatable bonds is 1. The molecule has 1 aromatic carbocycles. The van der Waals surface area contributed by atoms with Crippen LogP contribution in [-0.2, 0) is 0 Å². The molecule has 0 atom stereocenters. The second kappa shape index (κ2) is 4.41. The number of aromatic nitrogens is 2. The molecule has 0 aliphatic heterocycles. The lowest BCUT2D eigenvalue weighted by molar-refractivity contribution is 0.627. The van der Waals surface area contributed by atoms with Gasteiger partial charge in [0.05, 0.1) is 11.4 Å². The fourth-order valence-electron chi connectivity index (χ4n) is 1.63. The minimum absolute atomic E-state index is 0.295. The van der Waals surface area contributed by atoms with E-state index in [9.17, 15) is 4.39 Å². The summed E-state index contributed by atoms with van der Waals surface area (Å²) < 4.78 is 13.3. The minimum Gasteiger partial charge on any atom is -0.248 e. The first kappa shape index (κ1) is 12.0. The van der Waals surface area contributed by atoms with E-state index in [4.69, 9.17) is 11.6 Å². The van der Waals surface area contributed by atoms with Gasteiger partial charge in [-0.2, -0.15) is 0 Å². The zero-order chi connectivity index (χ0) is 12.6. The largest absolute Gasteiger partial charge is 0.248 e. The first-order valence-corrected chi connectivity index (χ1v) is 5.63. The molecule has 0 saturated carbocycles. The van der Waals surface area contributed by atoms with Gasteiger partial charge in [-0.1, -0.05) is 11.6 Å². The van der Waals surface area contributed by atoms with Crippen LogP contribution in [0.2, 0.25) is 5.15 Å². The molecular formula is C13H12ClFN2. The number of hydrogen-bond donors (Lipinski definition) is 0. The SMILES string of the molecule is Cc1cc(F)cc(-c2nc(C)c(C)nc2Cl)c1. The van der Waals surface area contributed by atoms with Crippen LogP contribution in [0.3, 0.4) is 0 Å². The Morgan fingerprint density at radius 2 is 1.65 bits per heavy atom. The molecule has 2 nitrogen and oxygen atoms in total. The molecule has 17 heavy (non-hydrogen) atoms. The van der Waals surface area contributed by atoms with Crippen molar-refractivity contribution in [2.45, 2.75) is 20.8 Å². The lowest BCUT2D eigenvalue weighted by atomic mass is 10.1. The van der Waals surface area contributed by atoms with Crippen molar-refractivity contribution >= 4 is 11.6 Å².